The Balaban J connectivity index is 2.39. The topological polar surface area (TPSA) is 12.5 Å². The molecule has 1 aliphatic rings. The lowest BCUT2D eigenvalue weighted by molar-refractivity contribution is -0.0744. The van der Waals surface area contributed by atoms with Gasteiger partial charge in [0.2, 0.25) is 0 Å². The van der Waals surface area contributed by atoms with Gasteiger partial charge in [0.15, 0.2) is 0 Å². The smallest absolute Gasteiger partial charge is 0.0703 e. The Bertz CT molecular complexity index is 147. The fraction of sp³-hybridized carbons (Fsp3) is 0.800. The molecule has 1 fully saturated rings. The number of nitrogens with zero attached hydrogens (tertiary/aromatic N) is 1. The fourth-order valence-corrected chi connectivity index (χ4v) is 1.70. The summed E-state index contributed by atoms with van der Waals surface area (Å²) in [6.45, 7) is 11.2. The molecule has 2 atom stereocenters. The summed E-state index contributed by atoms with van der Waals surface area (Å²) in [7, 11) is 0. The van der Waals surface area contributed by atoms with Crippen LogP contribution in [0.2, 0.25) is 0 Å². The predicted octanol–water partition coefficient (Wildman–Crippen LogP) is 1.67. The Morgan fingerprint density at radius 2 is 2.33 bits per heavy atom. The van der Waals surface area contributed by atoms with E-state index in [9.17, 15) is 0 Å². The summed E-state index contributed by atoms with van der Waals surface area (Å²) in [5.41, 5.74) is 0. The second-order valence-corrected chi connectivity index (χ2v) is 3.48. The minimum atomic E-state index is 0.378. The summed E-state index contributed by atoms with van der Waals surface area (Å²) < 4.78 is 5.74. The van der Waals surface area contributed by atoms with Crippen molar-refractivity contribution >= 4 is 0 Å². The zero-order valence-corrected chi connectivity index (χ0v) is 8.12. The fourth-order valence-electron chi connectivity index (χ4n) is 1.70. The second-order valence-electron chi connectivity index (χ2n) is 3.48. The Kier molecular flexibility index (Phi) is 3.76. The van der Waals surface area contributed by atoms with Gasteiger partial charge in [-0.2, -0.15) is 0 Å². The first-order valence-electron chi connectivity index (χ1n) is 4.75. The molecule has 2 nitrogen and oxygen atoms in total. The highest BCUT2D eigenvalue weighted by Gasteiger charge is 2.22. The number of hydrogen-bond acceptors (Lipinski definition) is 2. The summed E-state index contributed by atoms with van der Waals surface area (Å²) in [6, 6.07) is 0. The third-order valence-corrected chi connectivity index (χ3v) is 2.24. The van der Waals surface area contributed by atoms with Gasteiger partial charge in [-0.25, -0.2) is 0 Å². The first-order valence-corrected chi connectivity index (χ1v) is 4.75. The summed E-state index contributed by atoms with van der Waals surface area (Å²) in [4.78, 5) is 2.40. The molecule has 1 heterocycles. The van der Waals surface area contributed by atoms with Gasteiger partial charge in [0.05, 0.1) is 12.2 Å². The van der Waals surface area contributed by atoms with Crippen LogP contribution in [0.4, 0.5) is 0 Å². The van der Waals surface area contributed by atoms with Gasteiger partial charge in [0.1, 0.15) is 0 Å². The van der Waals surface area contributed by atoms with E-state index in [1.54, 1.807) is 0 Å². The van der Waals surface area contributed by atoms with Gasteiger partial charge in [-0.05, 0) is 13.3 Å². The zero-order valence-electron chi connectivity index (χ0n) is 8.12. The molecule has 0 radical (unpaired) electrons. The van der Waals surface area contributed by atoms with E-state index in [0.717, 1.165) is 26.1 Å². The molecule has 0 aliphatic carbocycles. The van der Waals surface area contributed by atoms with Gasteiger partial charge in [-0.3, -0.25) is 4.90 Å². The molecule has 1 aliphatic heterocycles. The van der Waals surface area contributed by atoms with Crippen molar-refractivity contribution in [2.24, 2.45) is 0 Å². The lowest BCUT2D eigenvalue weighted by atomic mass is 10.2. The molecule has 0 saturated carbocycles. The monoisotopic (exact) mass is 169 g/mol. The molecule has 1 saturated heterocycles. The Labute approximate surface area is 75.2 Å². The van der Waals surface area contributed by atoms with Crippen LogP contribution >= 0.6 is 0 Å². The molecule has 0 aromatic heterocycles. The van der Waals surface area contributed by atoms with Gasteiger partial charge < -0.3 is 4.74 Å². The van der Waals surface area contributed by atoms with E-state index in [4.69, 9.17) is 4.74 Å². The van der Waals surface area contributed by atoms with Crippen LogP contribution in [0.15, 0.2) is 12.7 Å². The normalized spacial score (nSPS) is 31.8. The van der Waals surface area contributed by atoms with Crippen LogP contribution in [0, 0.1) is 0 Å². The average Bonchev–Trinajstić information content (AvgIpc) is 2.04. The van der Waals surface area contributed by atoms with Crippen molar-refractivity contribution in [3.63, 3.8) is 0 Å². The van der Waals surface area contributed by atoms with Gasteiger partial charge in [-0.1, -0.05) is 13.0 Å². The van der Waals surface area contributed by atoms with Gasteiger partial charge in [-0.15, -0.1) is 6.58 Å². The molecule has 1 rings (SSSR count). The third kappa shape index (κ3) is 2.61. The lowest BCUT2D eigenvalue weighted by Gasteiger charge is -2.35. The summed E-state index contributed by atoms with van der Waals surface area (Å²) in [6.07, 6.45) is 3.88. The van der Waals surface area contributed by atoms with Gasteiger partial charge >= 0.3 is 0 Å². The first-order chi connectivity index (χ1) is 5.76. The van der Waals surface area contributed by atoms with E-state index in [2.05, 4.69) is 25.3 Å². The average molecular weight is 169 g/mol. The number of morpholine rings is 1. The predicted molar refractivity (Wildman–Crippen MR) is 51.3 cm³/mol. The maximum absolute atomic E-state index is 5.74. The maximum atomic E-state index is 5.74. The molecular formula is C10H19NO. The number of ether oxygens (including phenoxy) is 1. The van der Waals surface area contributed by atoms with Crippen LogP contribution in [-0.4, -0.2) is 36.7 Å². The highest BCUT2D eigenvalue weighted by molar-refractivity contribution is 4.80. The first kappa shape index (κ1) is 9.75. The highest BCUT2D eigenvalue weighted by Crippen LogP contribution is 2.12. The van der Waals surface area contributed by atoms with Crippen molar-refractivity contribution in [3.8, 4) is 0 Å². The second kappa shape index (κ2) is 4.63. The van der Waals surface area contributed by atoms with E-state index in [0.29, 0.717) is 12.2 Å². The zero-order chi connectivity index (χ0) is 8.97. The molecule has 0 amide bonds. The number of hydrogen-bond donors (Lipinski definition) is 0. The van der Waals surface area contributed by atoms with Crippen molar-refractivity contribution in [1.82, 2.24) is 4.90 Å². The van der Waals surface area contributed by atoms with E-state index >= 15 is 0 Å². The highest BCUT2D eigenvalue weighted by atomic mass is 16.5. The molecule has 0 aromatic rings. The molecule has 2 unspecified atom stereocenters. The van der Waals surface area contributed by atoms with Crippen LogP contribution in [0.25, 0.3) is 0 Å². The van der Waals surface area contributed by atoms with Crippen LogP contribution in [-0.2, 0) is 4.74 Å². The summed E-state index contributed by atoms with van der Waals surface area (Å²) >= 11 is 0. The molecule has 70 valence electrons. The molecule has 0 N–H and O–H groups in total. The maximum Gasteiger partial charge on any atom is 0.0703 e. The van der Waals surface area contributed by atoms with Crippen molar-refractivity contribution in [2.45, 2.75) is 32.5 Å². The van der Waals surface area contributed by atoms with Crippen molar-refractivity contribution < 1.29 is 4.74 Å². The third-order valence-electron chi connectivity index (χ3n) is 2.24. The molecule has 2 heteroatoms. The van der Waals surface area contributed by atoms with Crippen molar-refractivity contribution in [2.75, 3.05) is 19.6 Å². The van der Waals surface area contributed by atoms with E-state index < -0.39 is 0 Å². The van der Waals surface area contributed by atoms with Crippen LogP contribution in [0.3, 0.4) is 0 Å². The molecule has 0 spiro atoms. The van der Waals surface area contributed by atoms with Crippen LogP contribution < -0.4 is 0 Å². The van der Waals surface area contributed by atoms with Crippen molar-refractivity contribution in [1.29, 1.82) is 0 Å². The van der Waals surface area contributed by atoms with Crippen molar-refractivity contribution in [3.05, 3.63) is 12.7 Å². The molecule has 12 heavy (non-hydrogen) atoms. The summed E-state index contributed by atoms with van der Waals surface area (Å²) in [5, 5.41) is 0. The number of rotatable bonds is 3. The standard InChI is InChI=1S/C10H19NO/c1-4-6-11-7-9(3)12-10(5-2)8-11/h4,9-10H,1,5-8H2,2-3H3. The Morgan fingerprint density at radius 1 is 1.58 bits per heavy atom. The lowest BCUT2D eigenvalue weighted by Crippen LogP contribution is -2.46. The molecular weight excluding hydrogens is 150 g/mol. The SMILES string of the molecule is C=CCN1CC(C)OC(CC)C1. The van der Waals surface area contributed by atoms with Gasteiger partial charge in [0.25, 0.3) is 0 Å². The minimum absolute atomic E-state index is 0.378. The molecule has 0 aromatic carbocycles. The van der Waals surface area contributed by atoms with E-state index in [1.807, 2.05) is 6.08 Å². The van der Waals surface area contributed by atoms with Gasteiger partial charge in [0, 0.05) is 19.6 Å². The largest absolute Gasteiger partial charge is 0.373 e. The minimum Gasteiger partial charge on any atom is -0.373 e. The van der Waals surface area contributed by atoms with E-state index in [1.165, 1.54) is 0 Å². The quantitative estimate of drug-likeness (QED) is 0.596. The Morgan fingerprint density at radius 3 is 2.92 bits per heavy atom. The van der Waals surface area contributed by atoms with Crippen LogP contribution in [0.5, 0.6) is 0 Å². The van der Waals surface area contributed by atoms with E-state index in [-0.39, 0.29) is 0 Å². The summed E-state index contributed by atoms with van der Waals surface area (Å²) in [5.74, 6) is 0. The molecule has 0 bridgehead atoms. The Hall–Kier alpha value is -0.340. The van der Waals surface area contributed by atoms with Crippen LogP contribution in [0.1, 0.15) is 20.3 Å².